The number of halogens is 2. The first-order chi connectivity index (χ1) is 14.5. The van der Waals surface area contributed by atoms with Crippen LogP contribution in [0.25, 0.3) is 6.08 Å². The maximum atomic E-state index is 12.6. The standard InChI is InChI=1S/C24H18Cl2N2O2/c1-16-4-2-7-22(26)23(16)28-24(29)19(14-27)12-18-5-3-6-21(13-18)30-15-17-8-10-20(25)11-9-17/h2-13H,15H2,1H3,(H,28,29)/b19-12+. The summed E-state index contributed by atoms with van der Waals surface area (Å²) in [7, 11) is 0. The molecule has 0 fully saturated rings. The highest BCUT2D eigenvalue weighted by atomic mass is 35.5. The predicted octanol–water partition coefficient (Wildman–Crippen LogP) is 6.43. The molecule has 0 spiro atoms. The van der Waals surface area contributed by atoms with Crippen LogP contribution >= 0.6 is 23.2 Å². The fourth-order valence-corrected chi connectivity index (χ4v) is 3.12. The number of para-hydroxylation sites is 1. The first kappa shape index (κ1) is 21.4. The highest BCUT2D eigenvalue weighted by molar-refractivity contribution is 6.34. The van der Waals surface area contributed by atoms with Gasteiger partial charge in [0, 0.05) is 5.02 Å². The molecule has 4 nitrogen and oxygen atoms in total. The summed E-state index contributed by atoms with van der Waals surface area (Å²) in [6.07, 6.45) is 1.51. The zero-order valence-electron chi connectivity index (χ0n) is 16.2. The molecule has 1 amide bonds. The number of rotatable bonds is 6. The van der Waals surface area contributed by atoms with Crippen molar-refractivity contribution in [2.24, 2.45) is 0 Å². The number of amides is 1. The zero-order valence-corrected chi connectivity index (χ0v) is 17.7. The molecule has 0 aliphatic carbocycles. The molecular weight excluding hydrogens is 419 g/mol. The van der Waals surface area contributed by atoms with Crippen LogP contribution in [0.1, 0.15) is 16.7 Å². The topological polar surface area (TPSA) is 62.1 Å². The molecule has 0 atom stereocenters. The van der Waals surface area contributed by atoms with Gasteiger partial charge in [0.05, 0.1) is 10.7 Å². The zero-order chi connectivity index (χ0) is 21.5. The van der Waals surface area contributed by atoms with Gasteiger partial charge in [-0.1, -0.05) is 59.6 Å². The van der Waals surface area contributed by atoms with Gasteiger partial charge in [-0.05, 0) is 60.0 Å². The molecule has 6 heteroatoms. The lowest BCUT2D eigenvalue weighted by Crippen LogP contribution is -2.14. The van der Waals surface area contributed by atoms with E-state index in [0.717, 1.165) is 11.1 Å². The average molecular weight is 437 g/mol. The fourth-order valence-electron chi connectivity index (χ4n) is 2.73. The predicted molar refractivity (Wildman–Crippen MR) is 121 cm³/mol. The second kappa shape index (κ2) is 9.98. The molecule has 3 aromatic carbocycles. The average Bonchev–Trinajstić information content (AvgIpc) is 2.74. The van der Waals surface area contributed by atoms with Gasteiger partial charge in [-0.3, -0.25) is 4.79 Å². The first-order valence-electron chi connectivity index (χ1n) is 9.12. The van der Waals surface area contributed by atoms with Gasteiger partial charge in [-0.15, -0.1) is 0 Å². The minimum Gasteiger partial charge on any atom is -0.489 e. The van der Waals surface area contributed by atoms with Crippen molar-refractivity contribution in [1.82, 2.24) is 0 Å². The van der Waals surface area contributed by atoms with Crippen LogP contribution in [0.4, 0.5) is 5.69 Å². The lowest BCUT2D eigenvalue weighted by atomic mass is 10.1. The number of hydrogen-bond acceptors (Lipinski definition) is 3. The Hall–Kier alpha value is -3.26. The Morgan fingerprint density at radius 2 is 1.83 bits per heavy atom. The van der Waals surface area contributed by atoms with Crippen molar-refractivity contribution in [1.29, 1.82) is 5.26 Å². The third-order valence-electron chi connectivity index (χ3n) is 4.31. The van der Waals surface area contributed by atoms with Crippen LogP contribution < -0.4 is 10.1 Å². The van der Waals surface area contributed by atoms with Gasteiger partial charge in [-0.25, -0.2) is 0 Å². The largest absolute Gasteiger partial charge is 0.489 e. The van der Waals surface area contributed by atoms with Crippen LogP contribution in [0, 0.1) is 18.3 Å². The lowest BCUT2D eigenvalue weighted by molar-refractivity contribution is -0.112. The van der Waals surface area contributed by atoms with Gasteiger partial charge in [0.2, 0.25) is 0 Å². The van der Waals surface area contributed by atoms with E-state index in [1.165, 1.54) is 6.08 Å². The number of anilines is 1. The highest BCUT2D eigenvalue weighted by Crippen LogP contribution is 2.26. The van der Waals surface area contributed by atoms with E-state index in [9.17, 15) is 10.1 Å². The first-order valence-corrected chi connectivity index (χ1v) is 9.87. The van der Waals surface area contributed by atoms with Gasteiger partial charge >= 0.3 is 0 Å². The fraction of sp³-hybridized carbons (Fsp3) is 0.0833. The smallest absolute Gasteiger partial charge is 0.266 e. The Balaban J connectivity index is 1.74. The summed E-state index contributed by atoms with van der Waals surface area (Å²) < 4.78 is 5.80. The molecule has 0 aromatic heterocycles. The second-order valence-corrected chi connectivity index (χ2v) is 7.39. The maximum Gasteiger partial charge on any atom is 0.266 e. The van der Waals surface area contributed by atoms with E-state index in [4.69, 9.17) is 27.9 Å². The number of nitrogens with one attached hydrogen (secondary N) is 1. The number of nitriles is 1. The lowest BCUT2D eigenvalue weighted by Gasteiger charge is -2.10. The molecule has 0 aliphatic rings. The van der Waals surface area contributed by atoms with Crippen molar-refractivity contribution in [3.8, 4) is 11.8 Å². The summed E-state index contributed by atoms with van der Waals surface area (Å²) in [4.78, 5) is 12.6. The molecule has 0 heterocycles. The number of carbonyl (C=O) groups excluding carboxylic acids is 1. The molecule has 30 heavy (non-hydrogen) atoms. The minimum atomic E-state index is -0.527. The number of hydrogen-bond donors (Lipinski definition) is 1. The molecule has 3 rings (SSSR count). The maximum absolute atomic E-state index is 12.6. The summed E-state index contributed by atoms with van der Waals surface area (Å²) in [6.45, 7) is 2.21. The number of carbonyl (C=O) groups is 1. The van der Waals surface area contributed by atoms with Crippen LogP contribution in [0.5, 0.6) is 5.75 Å². The van der Waals surface area contributed by atoms with Crippen molar-refractivity contribution < 1.29 is 9.53 Å². The van der Waals surface area contributed by atoms with E-state index in [0.29, 0.717) is 33.7 Å². The quantitative estimate of drug-likeness (QED) is 0.357. The molecule has 0 bridgehead atoms. The molecule has 0 aliphatic heterocycles. The van der Waals surface area contributed by atoms with Crippen molar-refractivity contribution in [2.75, 3.05) is 5.32 Å². The summed E-state index contributed by atoms with van der Waals surface area (Å²) in [6, 6.07) is 21.8. The van der Waals surface area contributed by atoms with Crippen LogP contribution in [-0.2, 0) is 11.4 Å². The summed E-state index contributed by atoms with van der Waals surface area (Å²) in [5, 5.41) is 13.3. The molecule has 0 unspecified atom stereocenters. The van der Waals surface area contributed by atoms with E-state index in [1.54, 1.807) is 42.5 Å². The van der Waals surface area contributed by atoms with Gasteiger partial charge < -0.3 is 10.1 Å². The van der Waals surface area contributed by atoms with Crippen LogP contribution in [0.15, 0.2) is 72.3 Å². The Morgan fingerprint density at radius 3 is 2.53 bits per heavy atom. The molecule has 0 saturated heterocycles. The van der Waals surface area contributed by atoms with E-state index in [1.807, 2.05) is 37.3 Å². The Kier molecular flexibility index (Phi) is 7.13. The minimum absolute atomic E-state index is 0.0378. The van der Waals surface area contributed by atoms with Gasteiger partial charge in [0.1, 0.15) is 24.0 Å². The number of aryl methyl sites for hydroxylation is 1. The third kappa shape index (κ3) is 5.64. The number of ether oxygens (including phenoxy) is 1. The molecule has 3 aromatic rings. The summed E-state index contributed by atoms with van der Waals surface area (Å²) >= 11 is 12.0. The van der Waals surface area contributed by atoms with Crippen molar-refractivity contribution in [2.45, 2.75) is 13.5 Å². The van der Waals surface area contributed by atoms with Crippen LogP contribution in [-0.4, -0.2) is 5.91 Å². The van der Waals surface area contributed by atoms with Crippen molar-refractivity contribution >= 4 is 40.9 Å². The van der Waals surface area contributed by atoms with E-state index in [-0.39, 0.29) is 5.57 Å². The molecular formula is C24H18Cl2N2O2. The van der Waals surface area contributed by atoms with E-state index < -0.39 is 5.91 Å². The van der Waals surface area contributed by atoms with E-state index >= 15 is 0 Å². The van der Waals surface area contributed by atoms with Crippen LogP contribution in [0.2, 0.25) is 10.0 Å². The van der Waals surface area contributed by atoms with Crippen molar-refractivity contribution in [3.63, 3.8) is 0 Å². The van der Waals surface area contributed by atoms with Crippen LogP contribution in [0.3, 0.4) is 0 Å². The number of benzene rings is 3. The highest BCUT2D eigenvalue weighted by Gasteiger charge is 2.13. The van der Waals surface area contributed by atoms with Gasteiger partial charge in [0.15, 0.2) is 0 Å². The Morgan fingerprint density at radius 1 is 1.10 bits per heavy atom. The molecule has 0 radical (unpaired) electrons. The molecule has 150 valence electrons. The van der Waals surface area contributed by atoms with Crippen molar-refractivity contribution in [3.05, 3.63) is 99.0 Å². The Labute approximate surface area is 185 Å². The van der Waals surface area contributed by atoms with E-state index in [2.05, 4.69) is 5.32 Å². The van der Waals surface area contributed by atoms with Gasteiger partial charge in [0.25, 0.3) is 5.91 Å². The Bertz CT molecular complexity index is 1110. The third-order valence-corrected chi connectivity index (χ3v) is 4.88. The number of nitrogens with zero attached hydrogens (tertiary/aromatic N) is 1. The summed E-state index contributed by atoms with van der Waals surface area (Å²) in [5.74, 6) is 0.0968. The monoisotopic (exact) mass is 436 g/mol. The SMILES string of the molecule is Cc1cccc(Cl)c1NC(=O)/C(C#N)=C/c1cccc(OCc2ccc(Cl)cc2)c1. The molecule has 0 saturated carbocycles. The second-order valence-electron chi connectivity index (χ2n) is 6.54. The van der Waals surface area contributed by atoms with Gasteiger partial charge in [-0.2, -0.15) is 5.26 Å². The molecule has 1 N–H and O–H groups in total. The normalized spacial score (nSPS) is 10.9. The summed E-state index contributed by atoms with van der Waals surface area (Å²) in [5.41, 5.74) is 2.92.